The number of benzene rings is 10. The number of rotatable bonds is 5. The molecule has 0 spiro atoms. The predicted octanol–water partition coefficient (Wildman–Crippen LogP) is 15.5. The van der Waals surface area contributed by atoms with Crippen molar-refractivity contribution < 1.29 is 0 Å². The molecule has 4 aromatic heterocycles. The predicted molar refractivity (Wildman–Crippen MR) is 279 cm³/mol. The Kier molecular flexibility index (Phi) is 8.01. The van der Waals surface area contributed by atoms with Gasteiger partial charge in [0, 0.05) is 65.6 Å². The van der Waals surface area contributed by atoms with E-state index >= 15 is 0 Å². The van der Waals surface area contributed by atoms with Crippen LogP contribution in [-0.2, 0) is 0 Å². The molecule has 0 saturated heterocycles. The fraction of sp³-hybridized carbons (Fsp3) is 0. The zero-order valence-electron chi connectivity index (χ0n) is 36.5. The maximum atomic E-state index is 10.5. The van der Waals surface area contributed by atoms with Crippen LogP contribution in [0.1, 0.15) is 11.1 Å². The van der Waals surface area contributed by atoms with Gasteiger partial charge in [-0.1, -0.05) is 109 Å². The van der Waals surface area contributed by atoms with Crippen LogP contribution in [0.3, 0.4) is 0 Å². The molecule has 6 nitrogen and oxygen atoms in total. The molecule has 0 aliphatic heterocycles. The average molecular weight is 865 g/mol. The summed E-state index contributed by atoms with van der Waals surface area (Å²) in [5.41, 5.74) is 15.5. The van der Waals surface area contributed by atoms with Gasteiger partial charge in [0.1, 0.15) is 0 Å². The van der Waals surface area contributed by atoms with Gasteiger partial charge < -0.3 is 18.3 Å². The fourth-order valence-electron chi connectivity index (χ4n) is 11.2. The first-order valence-corrected chi connectivity index (χ1v) is 22.8. The molecule has 0 bridgehead atoms. The summed E-state index contributed by atoms with van der Waals surface area (Å²) in [5, 5.41) is 30.3. The molecule has 0 aliphatic carbocycles. The summed E-state index contributed by atoms with van der Waals surface area (Å²) in [6.07, 6.45) is 0. The van der Waals surface area contributed by atoms with E-state index in [1.807, 2.05) is 24.3 Å². The summed E-state index contributed by atoms with van der Waals surface area (Å²) in [4.78, 5) is 0. The molecule has 10 aromatic carbocycles. The van der Waals surface area contributed by atoms with Gasteiger partial charge in [0.25, 0.3) is 0 Å². The number of fused-ring (bicyclic) bond motifs is 12. The summed E-state index contributed by atoms with van der Waals surface area (Å²) >= 11 is 0. The lowest BCUT2D eigenvalue weighted by Crippen LogP contribution is -2.03. The van der Waals surface area contributed by atoms with Crippen molar-refractivity contribution in [2.24, 2.45) is 0 Å². The topological polar surface area (TPSA) is 67.3 Å². The number of aromatic nitrogens is 4. The van der Waals surface area contributed by atoms with E-state index in [0.717, 1.165) is 99.6 Å². The molecular formula is C62H36N6. The van der Waals surface area contributed by atoms with E-state index in [2.05, 4.69) is 225 Å². The molecule has 0 amide bonds. The minimum atomic E-state index is 0.532. The minimum absolute atomic E-state index is 0.532. The molecule has 14 aromatic rings. The Morgan fingerprint density at radius 1 is 0.250 bits per heavy atom. The first kappa shape index (κ1) is 37.7. The van der Waals surface area contributed by atoms with Crippen LogP contribution in [0.2, 0.25) is 0 Å². The van der Waals surface area contributed by atoms with Crippen LogP contribution in [-0.4, -0.2) is 18.3 Å². The highest BCUT2D eigenvalue weighted by molar-refractivity contribution is 6.15. The molecule has 0 atom stereocenters. The third-order valence-corrected chi connectivity index (χ3v) is 14.0. The fourth-order valence-corrected chi connectivity index (χ4v) is 11.2. The van der Waals surface area contributed by atoms with Crippen molar-refractivity contribution in [2.75, 3.05) is 0 Å². The molecule has 0 saturated carbocycles. The van der Waals surface area contributed by atoms with Gasteiger partial charge in [-0.15, -0.1) is 0 Å². The third-order valence-electron chi connectivity index (χ3n) is 14.0. The maximum absolute atomic E-state index is 10.5. The minimum Gasteiger partial charge on any atom is -0.309 e. The van der Waals surface area contributed by atoms with Gasteiger partial charge in [0.2, 0.25) is 0 Å². The molecular weight excluding hydrogens is 829 g/mol. The van der Waals surface area contributed by atoms with Crippen molar-refractivity contribution in [3.63, 3.8) is 0 Å². The van der Waals surface area contributed by atoms with Crippen molar-refractivity contribution in [2.45, 2.75) is 0 Å². The molecule has 0 aliphatic rings. The van der Waals surface area contributed by atoms with Crippen molar-refractivity contribution in [3.8, 4) is 46.0 Å². The largest absolute Gasteiger partial charge is 0.309 e. The van der Waals surface area contributed by atoms with Gasteiger partial charge in [-0.2, -0.15) is 10.5 Å². The molecule has 14 rings (SSSR count). The van der Waals surface area contributed by atoms with Crippen molar-refractivity contribution in [3.05, 3.63) is 230 Å². The monoisotopic (exact) mass is 864 g/mol. The number of nitriles is 2. The van der Waals surface area contributed by atoms with Crippen LogP contribution in [0.15, 0.2) is 218 Å². The smallest absolute Gasteiger partial charge is 0.0991 e. The average Bonchev–Trinajstić information content (AvgIpc) is 4.13. The Bertz CT molecular complexity index is 4140. The molecule has 0 unspecified atom stereocenters. The molecule has 314 valence electrons. The Morgan fingerprint density at radius 2 is 0.529 bits per heavy atom. The van der Waals surface area contributed by atoms with Crippen LogP contribution in [0, 0.1) is 22.7 Å². The molecule has 4 heterocycles. The first-order valence-electron chi connectivity index (χ1n) is 22.8. The first-order chi connectivity index (χ1) is 33.7. The quantitative estimate of drug-likeness (QED) is 0.173. The highest BCUT2D eigenvalue weighted by Crippen LogP contribution is 2.43. The van der Waals surface area contributed by atoms with E-state index in [1.165, 1.54) is 21.5 Å². The van der Waals surface area contributed by atoms with Crippen LogP contribution in [0.4, 0.5) is 0 Å². The highest BCUT2D eigenvalue weighted by atomic mass is 15.0. The molecule has 0 radical (unpaired) electrons. The summed E-state index contributed by atoms with van der Waals surface area (Å²) in [7, 11) is 0. The lowest BCUT2D eigenvalue weighted by Gasteiger charge is -2.19. The molecule has 68 heavy (non-hydrogen) atoms. The third kappa shape index (κ3) is 5.31. The molecule has 0 fully saturated rings. The number of hydrogen-bond donors (Lipinski definition) is 0. The summed E-state index contributed by atoms with van der Waals surface area (Å²) in [5.74, 6) is 0. The second-order valence-electron chi connectivity index (χ2n) is 17.5. The normalized spacial score (nSPS) is 11.8. The van der Waals surface area contributed by atoms with Gasteiger partial charge in [0.15, 0.2) is 0 Å². The number of para-hydroxylation sites is 6. The second-order valence-corrected chi connectivity index (χ2v) is 17.5. The maximum Gasteiger partial charge on any atom is 0.0991 e. The summed E-state index contributed by atoms with van der Waals surface area (Å²) < 4.78 is 9.37. The SMILES string of the molecule is N#Cc1ccc(-n2c3ccccc3c3cc(-n4c5ccccc5c5ccccc54)ccc32)c(-c2cc(C#N)ccc2-n2c3ccccc3c3cc(-n4c5ccccc5c5ccccc54)ccc32)c1. The van der Waals surface area contributed by atoms with E-state index in [-0.39, 0.29) is 0 Å². The lowest BCUT2D eigenvalue weighted by atomic mass is 9.97. The summed E-state index contributed by atoms with van der Waals surface area (Å²) in [6, 6.07) is 81.8. The van der Waals surface area contributed by atoms with Gasteiger partial charge in [0.05, 0.1) is 78.8 Å². The van der Waals surface area contributed by atoms with Crippen LogP contribution in [0.5, 0.6) is 0 Å². The Hall–Kier alpha value is -9.62. The van der Waals surface area contributed by atoms with Gasteiger partial charge in [-0.05, 0) is 109 Å². The van der Waals surface area contributed by atoms with E-state index in [0.29, 0.717) is 11.1 Å². The lowest BCUT2D eigenvalue weighted by molar-refractivity contribution is 1.15. The van der Waals surface area contributed by atoms with Gasteiger partial charge in [-0.25, -0.2) is 0 Å². The van der Waals surface area contributed by atoms with Gasteiger partial charge >= 0.3 is 0 Å². The second kappa shape index (κ2) is 14.4. The van der Waals surface area contributed by atoms with Crippen LogP contribution in [0.25, 0.3) is 121 Å². The number of nitrogens with zero attached hydrogens (tertiary/aromatic N) is 6. The van der Waals surface area contributed by atoms with Crippen molar-refractivity contribution in [1.82, 2.24) is 18.3 Å². The standard InChI is InChI=1S/C62H36N6/c63-37-39-25-29-59(67-57-23-11-5-17-47(57)51-35-41(27-31-61(51)67)65-53-19-7-1-13-43(53)44-14-2-8-20-54(44)65)49(33-39)50-34-40(38-64)26-30-60(50)68-58-24-12-6-18-48(58)52-36-42(28-32-62(52)68)66-55-21-9-3-15-45(55)46-16-4-10-22-56(46)66/h1-36H. The molecule has 0 N–H and O–H groups in total. The summed E-state index contributed by atoms with van der Waals surface area (Å²) in [6.45, 7) is 0. The highest BCUT2D eigenvalue weighted by Gasteiger charge is 2.23. The zero-order chi connectivity index (χ0) is 45.0. The van der Waals surface area contributed by atoms with E-state index in [4.69, 9.17) is 0 Å². The van der Waals surface area contributed by atoms with Crippen LogP contribution < -0.4 is 0 Å². The van der Waals surface area contributed by atoms with E-state index < -0.39 is 0 Å². The van der Waals surface area contributed by atoms with Crippen molar-refractivity contribution in [1.29, 1.82) is 10.5 Å². The van der Waals surface area contributed by atoms with Gasteiger partial charge in [-0.3, -0.25) is 0 Å². The Labute approximate surface area is 389 Å². The zero-order valence-corrected chi connectivity index (χ0v) is 36.5. The van der Waals surface area contributed by atoms with E-state index in [9.17, 15) is 10.5 Å². The Morgan fingerprint density at radius 3 is 0.853 bits per heavy atom. The van der Waals surface area contributed by atoms with Crippen molar-refractivity contribution >= 4 is 87.2 Å². The number of hydrogen-bond acceptors (Lipinski definition) is 2. The Balaban J connectivity index is 1.01. The molecule has 6 heteroatoms. The van der Waals surface area contributed by atoms with Crippen LogP contribution >= 0.6 is 0 Å². The van der Waals surface area contributed by atoms with E-state index in [1.54, 1.807) is 0 Å².